The quantitative estimate of drug-likeness (QED) is 0.228. The van der Waals surface area contributed by atoms with Gasteiger partial charge in [-0.2, -0.15) is 0 Å². The first kappa shape index (κ1) is 28.5. The molecule has 0 bridgehead atoms. The smallest absolute Gasteiger partial charge is 0.444 e. The summed E-state index contributed by atoms with van der Waals surface area (Å²) in [6.07, 6.45) is 0. The Labute approximate surface area is 253 Å². The Bertz CT molecular complexity index is 1680. The van der Waals surface area contributed by atoms with Gasteiger partial charge in [-0.1, -0.05) is 164 Å². The van der Waals surface area contributed by atoms with Crippen molar-refractivity contribution >= 4 is 37.7 Å². The van der Waals surface area contributed by atoms with E-state index in [-0.39, 0.29) is 0 Å². The van der Waals surface area contributed by atoms with E-state index in [1.807, 2.05) is 164 Å². The molecule has 0 aliphatic rings. The van der Waals surface area contributed by atoms with Crippen molar-refractivity contribution in [3.63, 3.8) is 0 Å². The summed E-state index contributed by atoms with van der Waals surface area (Å²) in [6, 6.07) is 52.7. The number of benzene rings is 6. The molecule has 0 radical (unpaired) electrons. The summed E-state index contributed by atoms with van der Waals surface area (Å²) < 4.78 is 12.6. The average Bonchev–Trinajstić information content (AvgIpc) is 3.09. The predicted molar refractivity (Wildman–Crippen MR) is 178 cm³/mol. The zero-order valence-electron chi connectivity index (χ0n) is 23.5. The summed E-state index contributed by atoms with van der Waals surface area (Å²) in [4.78, 5) is 0. The van der Waals surface area contributed by atoms with Crippen LogP contribution in [0.15, 0.2) is 164 Å². The van der Waals surface area contributed by atoms with Gasteiger partial charge in [0.2, 0.25) is 0 Å². The summed E-state index contributed by atoms with van der Waals surface area (Å²) in [5.74, 6) is 0. The van der Waals surface area contributed by atoms with Gasteiger partial charge in [0.25, 0.3) is 0 Å². The highest BCUT2D eigenvalue weighted by Gasteiger charge is 2.35. The highest BCUT2D eigenvalue weighted by Crippen LogP contribution is 2.21. The minimum absolute atomic E-state index is 0.598. The Hall–Kier alpha value is -4.65. The molecule has 4 nitrogen and oxygen atoms in total. The zero-order valence-corrected chi connectivity index (χ0v) is 23.5. The first-order valence-electron chi connectivity index (χ1n) is 14.3. The molecule has 0 saturated carbocycles. The van der Waals surface area contributed by atoms with E-state index in [1.54, 1.807) is 0 Å². The van der Waals surface area contributed by atoms with E-state index < -0.39 is 21.4 Å². The molecule has 0 aliphatic heterocycles. The molecule has 0 saturated heterocycles. The zero-order chi connectivity index (χ0) is 29.4. The van der Waals surface area contributed by atoms with Crippen molar-refractivity contribution in [2.45, 2.75) is 0 Å². The largest absolute Gasteiger partial charge is 0.478 e. The molecule has 0 spiro atoms. The van der Waals surface area contributed by atoms with E-state index in [0.717, 1.165) is 33.4 Å². The number of hydrogen-bond acceptors (Lipinski definition) is 4. The van der Waals surface area contributed by atoms with Gasteiger partial charge < -0.3 is 19.2 Å². The summed E-state index contributed by atoms with van der Waals surface area (Å²) in [7, 11) is -3.77. The van der Waals surface area contributed by atoms with E-state index in [2.05, 4.69) is 0 Å². The maximum atomic E-state index is 11.5. The molecule has 6 aromatic rings. The maximum absolute atomic E-state index is 11.5. The SMILES string of the molecule is OB(OB(OB(O)c1ccccc1-c1ccccc1)c1cccc(-c2ccccc2)c1)c1ccccc1-c1ccccc1. The van der Waals surface area contributed by atoms with E-state index in [9.17, 15) is 10.0 Å². The molecule has 6 rings (SSSR count). The molecule has 0 amide bonds. The average molecular weight is 558 g/mol. The van der Waals surface area contributed by atoms with Gasteiger partial charge in [0.1, 0.15) is 0 Å². The van der Waals surface area contributed by atoms with Crippen LogP contribution in [0.1, 0.15) is 0 Å². The van der Waals surface area contributed by atoms with Gasteiger partial charge in [0.05, 0.1) is 0 Å². The molecule has 0 fully saturated rings. The van der Waals surface area contributed by atoms with Crippen molar-refractivity contribution < 1.29 is 19.2 Å². The van der Waals surface area contributed by atoms with Crippen LogP contribution in [0.4, 0.5) is 0 Å². The highest BCUT2D eigenvalue weighted by molar-refractivity contribution is 6.80. The summed E-state index contributed by atoms with van der Waals surface area (Å²) in [5, 5.41) is 23.0. The van der Waals surface area contributed by atoms with Crippen molar-refractivity contribution in [1.82, 2.24) is 0 Å². The molecule has 7 heteroatoms. The third-order valence-electron chi connectivity index (χ3n) is 7.39. The molecular formula is C36H29B3O4. The van der Waals surface area contributed by atoms with Gasteiger partial charge in [-0.25, -0.2) is 0 Å². The molecule has 0 heterocycles. The Morgan fingerprint density at radius 3 is 1.26 bits per heavy atom. The van der Waals surface area contributed by atoms with Crippen molar-refractivity contribution in [3.8, 4) is 33.4 Å². The van der Waals surface area contributed by atoms with Crippen LogP contribution in [0.5, 0.6) is 0 Å². The van der Waals surface area contributed by atoms with Crippen molar-refractivity contribution in [1.29, 1.82) is 0 Å². The summed E-state index contributed by atoms with van der Waals surface area (Å²) in [5.41, 5.74) is 7.48. The topological polar surface area (TPSA) is 58.9 Å². The predicted octanol–water partition coefficient (Wildman–Crippen LogP) is 5.19. The maximum Gasteiger partial charge on any atom is 0.478 e. The van der Waals surface area contributed by atoms with Gasteiger partial charge in [-0.3, -0.25) is 0 Å². The molecule has 0 aromatic heterocycles. The van der Waals surface area contributed by atoms with Crippen LogP contribution >= 0.6 is 0 Å². The monoisotopic (exact) mass is 558 g/mol. The van der Waals surface area contributed by atoms with Crippen LogP contribution in [-0.4, -0.2) is 31.4 Å². The van der Waals surface area contributed by atoms with Crippen LogP contribution in [0.25, 0.3) is 33.4 Å². The highest BCUT2D eigenvalue weighted by atomic mass is 16.6. The molecule has 0 atom stereocenters. The second kappa shape index (κ2) is 13.6. The minimum Gasteiger partial charge on any atom is -0.444 e. The lowest BCUT2D eigenvalue weighted by molar-refractivity contribution is 0.356. The molecule has 0 aliphatic carbocycles. The molecule has 206 valence electrons. The van der Waals surface area contributed by atoms with Gasteiger partial charge in [0, 0.05) is 0 Å². The van der Waals surface area contributed by atoms with Crippen molar-refractivity contribution in [3.05, 3.63) is 164 Å². The second-order valence-electron chi connectivity index (χ2n) is 10.2. The lowest BCUT2D eigenvalue weighted by Gasteiger charge is -2.22. The fraction of sp³-hybridized carbons (Fsp3) is 0. The summed E-state index contributed by atoms with van der Waals surface area (Å²) in [6.45, 7) is 0. The van der Waals surface area contributed by atoms with Crippen LogP contribution in [0.2, 0.25) is 0 Å². The van der Waals surface area contributed by atoms with Crippen LogP contribution < -0.4 is 16.4 Å². The third-order valence-corrected chi connectivity index (χ3v) is 7.39. The fourth-order valence-corrected chi connectivity index (χ4v) is 5.25. The first-order valence-corrected chi connectivity index (χ1v) is 14.3. The minimum atomic E-state index is -1.33. The Morgan fingerprint density at radius 1 is 0.372 bits per heavy atom. The lowest BCUT2D eigenvalue weighted by atomic mass is 9.65. The summed E-state index contributed by atoms with van der Waals surface area (Å²) >= 11 is 0. The van der Waals surface area contributed by atoms with Gasteiger partial charge in [-0.05, 0) is 49.8 Å². The first-order chi connectivity index (χ1) is 21.2. The molecule has 43 heavy (non-hydrogen) atoms. The second-order valence-corrected chi connectivity index (χ2v) is 10.2. The van der Waals surface area contributed by atoms with Crippen LogP contribution in [-0.2, 0) is 9.14 Å². The normalized spacial score (nSPS) is 10.7. The molecule has 0 unspecified atom stereocenters. The molecule has 2 N–H and O–H groups in total. The van der Waals surface area contributed by atoms with Gasteiger partial charge >= 0.3 is 21.4 Å². The Balaban J connectivity index is 1.36. The Kier molecular flexibility index (Phi) is 8.97. The van der Waals surface area contributed by atoms with Crippen LogP contribution in [0.3, 0.4) is 0 Å². The lowest BCUT2D eigenvalue weighted by Crippen LogP contribution is -2.52. The number of hydrogen-bond donors (Lipinski definition) is 2. The van der Waals surface area contributed by atoms with E-state index in [1.165, 1.54) is 0 Å². The number of rotatable bonds is 10. The standard InChI is InChI=1S/C36H29B3O4/c40-37(35-25-12-10-23-33(35)29-17-6-2-7-18-29)42-39(32-22-14-21-31(27-32)28-15-4-1-5-16-28)43-38(41)36-26-13-11-24-34(36)30-19-8-3-9-20-30/h1-27,40-41H. The van der Waals surface area contributed by atoms with Gasteiger partial charge in [-0.15, -0.1) is 0 Å². The molecule has 6 aromatic carbocycles. The van der Waals surface area contributed by atoms with Crippen molar-refractivity contribution in [2.24, 2.45) is 0 Å². The fourth-order valence-electron chi connectivity index (χ4n) is 5.25. The van der Waals surface area contributed by atoms with Gasteiger partial charge in [0.15, 0.2) is 0 Å². The molecular weight excluding hydrogens is 529 g/mol. The van der Waals surface area contributed by atoms with E-state index in [4.69, 9.17) is 9.14 Å². The van der Waals surface area contributed by atoms with Crippen LogP contribution in [0, 0.1) is 0 Å². The van der Waals surface area contributed by atoms with Crippen molar-refractivity contribution in [2.75, 3.05) is 0 Å². The van der Waals surface area contributed by atoms with E-state index >= 15 is 0 Å². The Morgan fingerprint density at radius 2 is 0.767 bits per heavy atom. The van der Waals surface area contributed by atoms with E-state index in [0.29, 0.717) is 16.4 Å². The third kappa shape index (κ3) is 6.72.